The predicted molar refractivity (Wildman–Crippen MR) is 60.7 cm³/mol. The molecule has 2 aromatic carbocycles. The maximum absolute atomic E-state index is 13.6. The lowest BCUT2D eigenvalue weighted by atomic mass is 10.2. The van der Waals surface area contributed by atoms with Gasteiger partial charge in [-0.15, -0.1) is 0 Å². The van der Waals surface area contributed by atoms with Crippen molar-refractivity contribution in [2.45, 2.75) is 0 Å². The highest BCUT2D eigenvalue weighted by Gasteiger charge is 2.29. The van der Waals surface area contributed by atoms with E-state index in [4.69, 9.17) is 0 Å². The van der Waals surface area contributed by atoms with Crippen molar-refractivity contribution in [3.63, 3.8) is 0 Å². The smallest absolute Gasteiger partial charge is 0.200 e. The molecule has 0 aromatic heterocycles. The summed E-state index contributed by atoms with van der Waals surface area (Å²) >= 11 is 0. The van der Waals surface area contributed by atoms with E-state index in [-0.39, 0.29) is 0 Å². The van der Waals surface area contributed by atoms with Crippen LogP contribution in [0.2, 0.25) is 0 Å². The van der Waals surface area contributed by atoms with E-state index >= 15 is 0 Å². The van der Waals surface area contributed by atoms with Gasteiger partial charge in [-0.05, 0) is 12.1 Å². The summed E-state index contributed by atoms with van der Waals surface area (Å²) in [5, 5.41) is 0. The first-order valence-electron chi connectivity index (χ1n) is 5.46. The molecule has 0 N–H and O–H groups in total. The molecular weight excluding hydrogens is 303 g/mol. The Kier molecular flexibility index (Phi) is 3.80. The van der Waals surface area contributed by atoms with Crippen molar-refractivity contribution in [2.75, 3.05) is 11.9 Å². The van der Waals surface area contributed by atoms with E-state index in [1.54, 1.807) is 0 Å². The first kappa shape index (κ1) is 15.1. The molecule has 0 fully saturated rings. The highest BCUT2D eigenvalue weighted by Crippen LogP contribution is 2.34. The molecule has 1 nitrogen and oxygen atoms in total. The Morgan fingerprint density at radius 1 is 0.714 bits per heavy atom. The number of hydrogen-bond donors (Lipinski definition) is 0. The molecule has 0 aliphatic rings. The van der Waals surface area contributed by atoms with Crippen molar-refractivity contribution in [1.82, 2.24) is 0 Å². The number of nitrogens with zero attached hydrogens (tertiary/aromatic N) is 1. The molecule has 0 spiro atoms. The lowest BCUT2D eigenvalue weighted by Crippen LogP contribution is -2.18. The van der Waals surface area contributed by atoms with Gasteiger partial charge in [0.05, 0.1) is 5.69 Å². The largest absolute Gasteiger partial charge is 0.337 e. The number of halogens is 7. The highest BCUT2D eigenvalue weighted by molar-refractivity contribution is 5.64. The molecule has 0 radical (unpaired) electrons. The lowest BCUT2D eigenvalue weighted by molar-refractivity contribution is 0.380. The van der Waals surface area contributed by atoms with Gasteiger partial charge in [0.1, 0.15) is 17.3 Å². The Bertz CT molecular complexity index is 685. The molecule has 2 aromatic rings. The minimum atomic E-state index is -2.32. The van der Waals surface area contributed by atoms with E-state index in [0.717, 1.165) is 19.2 Å². The normalized spacial score (nSPS) is 10.9. The van der Waals surface area contributed by atoms with Crippen molar-refractivity contribution >= 4 is 11.4 Å². The standard InChI is InChI=1S/C13H6F7N/c1-21(7-3-2-5(14)4-6(7)15)13-11(19)9(17)8(16)10(18)12(13)20/h2-4H,1H3. The van der Waals surface area contributed by atoms with Gasteiger partial charge in [-0.2, -0.15) is 0 Å². The van der Waals surface area contributed by atoms with E-state index in [9.17, 15) is 30.7 Å². The monoisotopic (exact) mass is 309 g/mol. The van der Waals surface area contributed by atoms with E-state index < -0.39 is 52.1 Å². The summed E-state index contributed by atoms with van der Waals surface area (Å²) < 4.78 is 92.6. The third-order valence-corrected chi connectivity index (χ3v) is 2.79. The first-order valence-corrected chi connectivity index (χ1v) is 5.46. The van der Waals surface area contributed by atoms with Gasteiger partial charge in [-0.3, -0.25) is 0 Å². The highest BCUT2D eigenvalue weighted by atomic mass is 19.2. The second-order valence-electron chi connectivity index (χ2n) is 4.07. The van der Waals surface area contributed by atoms with Gasteiger partial charge in [-0.25, -0.2) is 30.7 Å². The number of anilines is 2. The third-order valence-electron chi connectivity index (χ3n) is 2.79. The number of rotatable bonds is 2. The van der Waals surface area contributed by atoms with Crippen LogP contribution in [0.25, 0.3) is 0 Å². The van der Waals surface area contributed by atoms with Crippen LogP contribution in [0.5, 0.6) is 0 Å². The molecular formula is C13H6F7N. The van der Waals surface area contributed by atoms with Crippen LogP contribution in [-0.2, 0) is 0 Å². The predicted octanol–water partition coefficient (Wildman–Crippen LogP) is 4.43. The maximum Gasteiger partial charge on any atom is 0.200 e. The van der Waals surface area contributed by atoms with Crippen LogP contribution in [0, 0.1) is 40.7 Å². The van der Waals surface area contributed by atoms with E-state index in [1.807, 2.05) is 0 Å². The zero-order valence-electron chi connectivity index (χ0n) is 10.3. The van der Waals surface area contributed by atoms with Crippen molar-refractivity contribution < 1.29 is 30.7 Å². The second-order valence-corrected chi connectivity index (χ2v) is 4.07. The zero-order chi connectivity index (χ0) is 15.9. The molecule has 0 amide bonds. The van der Waals surface area contributed by atoms with E-state index in [0.29, 0.717) is 11.0 Å². The van der Waals surface area contributed by atoms with Gasteiger partial charge in [0.15, 0.2) is 23.3 Å². The van der Waals surface area contributed by atoms with Gasteiger partial charge >= 0.3 is 0 Å². The Hall–Kier alpha value is -2.25. The maximum atomic E-state index is 13.6. The minimum absolute atomic E-state index is 0.408. The van der Waals surface area contributed by atoms with Crippen LogP contribution < -0.4 is 4.90 Å². The van der Waals surface area contributed by atoms with Gasteiger partial charge in [0, 0.05) is 13.1 Å². The molecule has 21 heavy (non-hydrogen) atoms. The fraction of sp³-hybridized carbons (Fsp3) is 0.0769. The summed E-state index contributed by atoms with van der Waals surface area (Å²) in [5.41, 5.74) is -1.89. The van der Waals surface area contributed by atoms with E-state index in [2.05, 4.69) is 0 Å². The Balaban J connectivity index is 2.66. The molecule has 0 heterocycles. The van der Waals surface area contributed by atoms with Crippen molar-refractivity contribution in [3.8, 4) is 0 Å². The summed E-state index contributed by atoms with van der Waals surface area (Å²) in [6.07, 6.45) is 0. The lowest BCUT2D eigenvalue weighted by Gasteiger charge is -2.21. The molecule has 0 saturated heterocycles. The minimum Gasteiger partial charge on any atom is -0.337 e. The fourth-order valence-electron chi connectivity index (χ4n) is 1.76. The molecule has 0 aliphatic carbocycles. The zero-order valence-corrected chi connectivity index (χ0v) is 10.3. The molecule has 2 rings (SSSR count). The molecule has 0 saturated carbocycles. The molecule has 0 atom stereocenters. The Morgan fingerprint density at radius 2 is 1.19 bits per heavy atom. The van der Waals surface area contributed by atoms with Crippen LogP contribution in [0.3, 0.4) is 0 Å². The molecule has 8 heteroatoms. The number of hydrogen-bond acceptors (Lipinski definition) is 1. The summed E-state index contributed by atoms with van der Waals surface area (Å²) in [6, 6.07) is 2.00. The second kappa shape index (κ2) is 5.27. The van der Waals surface area contributed by atoms with Gasteiger partial charge < -0.3 is 4.90 Å². The Morgan fingerprint density at radius 3 is 1.67 bits per heavy atom. The van der Waals surface area contributed by atoms with E-state index in [1.165, 1.54) is 0 Å². The molecule has 112 valence electrons. The summed E-state index contributed by atoms with van der Waals surface area (Å²) in [5.74, 6) is -13.0. The number of benzene rings is 2. The van der Waals surface area contributed by atoms with Gasteiger partial charge in [0.25, 0.3) is 0 Å². The summed E-state index contributed by atoms with van der Waals surface area (Å²) in [4.78, 5) is 0.408. The van der Waals surface area contributed by atoms with Crippen LogP contribution in [-0.4, -0.2) is 7.05 Å². The average molecular weight is 309 g/mol. The summed E-state index contributed by atoms with van der Waals surface area (Å²) in [6.45, 7) is 0. The van der Waals surface area contributed by atoms with Crippen molar-refractivity contribution in [1.29, 1.82) is 0 Å². The molecule has 0 aliphatic heterocycles. The van der Waals surface area contributed by atoms with Gasteiger partial charge in [0.2, 0.25) is 5.82 Å². The summed E-state index contributed by atoms with van der Waals surface area (Å²) in [7, 11) is 0.884. The van der Waals surface area contributed by atoms with Crippen molar-refractivity contribution in [3.05, 3.63) is 58.9 Å². The van der Waals surface area contributed by atoms with Gasteiger partial charge in [-0.1, -0.05) is 0 Å². The Labute approximate surface area is 114 Å². The SMILES string of the molecule is CN(c1ccc(F)cc1F)c1c(F)c(F)c(F)c(F)c1F. The quantitative estimate of drug-likeness (QED) is 0.451. The van der Waals surface area contributed by atoms with Crippen molar-refractivity contribution in [2.24, 2.45) is 0 Å². The van der Waals surface area contributed by atoms with Crippen LogP contribution in [0.15, 0.2) is 18.2 Å². The third kappa shape index (κ3) is 2.41. The topological polar surface area (TPSA) is 3.24 Å². The average Bonchev–Trinajstić information content (AvgIpc) is 2.43. The molecule has 0 unspecified atom stereocenters. The molecule has 0 bridgehead atoms. The fourth-order valence-corrected chi connectivity index (χ4v) is 1.76. The first-order chi connectivity index (χ1) is 9.75. The van der Waals surface area contributed by atoms with Crippen LogP contribution >= 0.6 is 0 Å². The van der Waals surface area contributed by atoms with Crippen LogP contribution in [0.1, 0.15) is 0 Å². The van der Waals surface area contributed by atoms with Crippen LogP contribution in [0.4, 0.5) is 42.1 Å².